The van der Waals surface area contributed by atoms with Crippen LogP contribution < -0.4 is 0 Å². The summed E-state index contributed by atoms with van der Waals surface area (Å²) in [4.78, 5) is 0. The van der Waals surface area contributed by atoms with Crippen molar-refractivity contribution in [3.8, 4) is 0 Å². The maximum absolute atomic E-state index is 5.43. The average Bonchev–Trinajstić information content (AvgIpc) is 3.28. The zero-order chi connectivity index (χ0) is 12.4. The van der Waals surface area contributed by atoms with Gasteiger partial charge in [0, 0.05) is 23.5 Å². The third kappa shape index (κ3) is 3.03. The molecule has 4 nitrogen and oxygen atoms in total. The van der Waals surface area contributed by atoms with E-state index in [1.54, 1.807) is 11.8 Å². The van der Waals surface area contributed by atoms with E-state index in [4.69, 9.17) is 4.74 Å². The molecule has 2 fully saturated rings. The molecule has 0 unspecified atom stereocenters. The first-order valence-corrected chi connectivity index (χ1v) is 8.28. The number of nitrogens with zero attached hydrogens (tertiary/aromatic N) is 3. The Hall–Kier alpha value is -0.200. The molecule has 1 aromatic heterocycles. The summed E-state index contributed by atoms with van der Waals surface area (Å²) >= 11 is 5.89. The van der Waals surface area contributed by atoms with Crippen LogP contribution in [-0.4, -0.2) is 39.5 Å². The molecule has 0 N–H and O–H groups in total. The van der Waals surface area contributed by atoms with Crippen LogP contribution in [0.15, 0.2) is 5.16 Å². The lowest BCUT2D eigenvalue weighted by Crippen LogP contribution is -2.04. The third-order valence-electron chi connectivity index (χ3n) is 3.24. The highest BCUT2D eigenvalue weighted by Gasteiger charge is 2.36. The zero-order valence-corrected chi connectivity index (χ0v) is 12.1. The SMILES string of the molecule is SCCOCCSc1nnc(C2CC2)n1C1CC1. The van der Waals surface area contributed by atoms with Crippen LogP contribution >= 0.6 is 24.4 Å². The fourth-order valence-corrected chi connectivity index (χ4v) is 3.03. The van der Waals surface area contributed by atoms with Gasteiger partial charge in [0.25, 0.3) is 0 Å². The maximum Gasteiger partial charge on any atom is 0.191 e. The normalized spacial score (nSPS) is 19.4. The summed E-state index contributed by atoms with van der Waals surface area (Å²) in [5.74, 6) is 3.65. The Morgan fingerprint density at radius 3 is 2.72 bits per heavy atom. The molecule has 2 aliphatic carbocycles. The largest absolute Gasteiger partial charge is 0.380 e. The summed E-state index contributed by atoms with van der Waals surface area (Å²) in [5, 5.41) is 9.85. The second kappa shape index (κ2) is 5.84. The van der Waals surface area contributed by atoms with E-state index in [-0.39, 0.29) is 0 Å². The van der Waals surface area contributed by atoms with Crippen molar-refractivity contribution in [3.05, 3.63) is 5.82 Å². The van der Waals surface area contributed by atoms with E-state index >= 15 is 0 Å². The van der Waals surface area contributed by atoms with Crippen LogP contribution in [0.1, 0.15) is 43.5 Å². The van der Waals surface area contributed by atoms with Crippen LogP contribution in [0.4, 0.5) is 0 Å². The Morgan fingerprint density at radius 1 is 1.22 bits per heavy atom. The van der Waals surface area contributed by atoms with Gasteiger partial charge in [0.15, 0.2) is 5.16 Å². The summed E-state index contributed by atoms with van der Waals surface area (Å²) in [7, 11) is 0. The van der Waals surface area contributed by atoms with Crippen molar-refractivity contribution in [1.29, 1.82) is 0 Å². The van der Waals surface area contributed by atoms with E-state index < -0.39 is 0 Å². The quantitative estimate of drug-likeness (QED) is 0.453. The van der Waals surface area contributed by atoms with Gasteiger partial charge in [0.05, 0.1) is 13.2 Å². The van der Waals surface area contributed by atoms with Gasteiger partial charge in [-0.2, -0.15) is 12.6 Å². The van der Waals surface area contributed by atoms with Gasteiger partial charge in [-0.3, -0.25) is 0 Å². The number of thioether (sulfide) groups is 1. The molecule has 1 aromatic rings. The van der Waals surface area contributed by atoms with Gasteiger partial charge in [-0.15, -0.1) is 10.2 Å². The maximum atomic E-state index is 5.43. The Balaban J connectivity index is 1.57. The van der Waals surface area contributed by atoms with Gasteiger partial charge < -0.3 is 9.30 Å². The molecule has 100 valence electrons. The monoisotopic (exact) mass is 285 g/mol. The fourth-order valence-electron chi connectivity index (χ4n) is 2.04. The van der Waals surface area contributed by atoms with Gasteiger partial charge in [-0.05, 0) is 25.7 Å². The second-order valence-corrected chi connectivity index (χ2v) is 6.41. The molecular formula is C12H19N3OS2. The van der Waals surface area contributed by atoms with Gasteiger partial charge in [0.2, 0.25) is 0 Å². The molecule has 0 aromatic carbocycles. The van der Waals surface area contributed by atoms with Gasteiger partial charge in [-0.25, -0.2) is 0 Å². The second-order valence-electron chi connectivity index (χ2n) is 4.90. The van der Waals surface area contributed by atoms with Crippen molar-refractivity contribution < 1.29 is 4.74 Å². The Morgan fingerprint density at radius 2 is 2.06 bits per heavy atom. The van der Waals surface area contributed by atoms with Gasteiger partial charge in [0.1, 0.15) is 5.82 Å². The van der Waals surface area contributed by atoms with E-state index in [0.29, 0.717) is 12.0 Å². The molecule has 0 aliphatic heterocycles. The van der Waals surface area contributed by atoms with E-state index in [0.717, 1.165) is 29.9 Å². The molecule has 0 bridgehead atoms. The van der Waals surface area contributed by atoms with Gasteiger partial charge in [-0.1, -0.05) is 11.8 Å². The Kier molecular flexibility index (Phi) is 4.16. The molecule has 0 saturated heterocycles. The van der Waals surface area contributed by atoms with Crippen molar-refractivity contribution in [2.75, 3.05) is 24.7 Å². The fraction of sp³-hybridized carbons (Fsp3) is 0.833. The lowest BCUT2D eigenvalue weighted by molar-refractivity contribution is 0.167. The van der Waals surface area contributed by atoms with E-state index in [2.05, 4.69) is 27.4 Å². The lowest BCUT2D eigenvalue weighted by atomic mass is 10.4. The smallest absolute Gasteiger partial charge is 0.191 e. The minimum Gasteiger partial charge on any atom is -0.380 e. The molecule has 2 aliphatic rings. The van der Waals surface area contributed by atoms with Crippen molar-refractivity contribution in [2.24, 2.45) is 0 Å². The highest BCUT2D eigenvalue weighted by Crippen LogP contribution is 2.45. The van der Waals surface area contributed by atoms with E-state index in [1.807, 2.05) is 0 Å². The number of hydrogen-bond donors (Lipinski definition) is 1. The van der Waals surface area contributed by atoms with E-state index in [9.17, 15) is 0 Å². The molecular weight excluding hydrogens is 266 g/mol. The topological polar surface area (TPSA) is 39.9 Å². The van der Waals surface area contributed by atoms with Crippen LogP contribution in [-0.2, 0) is 4.74 Å². The predicted octanol–water partition coefficient (Wildman–Crippen LogP) is 2.53. The summed E-state index contributed by atoms with van der Waals surface area (Å²) in [6.07, 6.45) is 5.17. The summed E-state index contributed by atoms with van der Waals surface area (Å²) in [6, 6.07) is 0.677. The third-order valence-corrected chi connectivity index (χ3v) is 4.33. The van der Waals surface area contributed by atoms with E-state index in [1.165, 1.54) is 31.5 Å². The van der Waals surface area contributed by atoms with Crippen molar-refractivity contribution in [3.63, 3.8) is 0 Å². The minimum absolute atomic E-state index is 0.677. The average molecular weight is 285 g/mol. The molecule has 6 heteroatoms. The van der Waals surface area contributed by atoms with Crippen molar-refractivity contribution in [2.45, 2.75) is 42.8 Å². The summed E-state index contributed by atoms with van der Waals surface area (Å²) < 4.78 is 7.82. The summed E-state index contributed by atoms with van der Waals surface area (Å²) in [6.45, 7) is 1.49. The van der Waals surface area contributed by atoms with Crippen LogP contribution in [0.2, 0.25) is 0 Å². The molecule has 0 spiro atoms. The zero-order valence-electron chi connectivity index (χ0n) is 10.4. The van der Waals surface area contributed by atoms with Crippen LogP contribution in [0.25, 0.3) is 0 Å². The minimum atomic E-state index is 0.677. The molecule has 0 amide bonds. The van der Waals surface area contributed by atoms with Crippen molar-refractivity contribution in [1.82, 2.24) is 14.8 Å². The Labute approximate surface area is 117 Å². The molecule has 1 heterocycles. The highest BCUT2D eigenvalue weighted by molar-refractivity contribution is 7.99. The molecule has 3 rings (SSSR count). The number of ether oxygens (including phenoxy) is 1. The number of thiol groups is 1. The Bertz CT molecular complexity index is 402. The first-order valence-electron chi connectivity index (χ1n) is 6.66. The first kappa shape index (κ1) is 12.8. The van der Waals surface area contributed by atoms with Crippen LogP contribution in [0, 0.1) is 0 Å². The molecule has 0 radical (unpaired) electrons. The molecule has 2 saturated carbocycles. The van der Waals surface area contributed by atoms with Crippen LogP contribution in [0.3, 0.4) is 0 Å². The summed E-state index contributed by atoms with van der Waals surface area (Å²) in [5.41, 5.74) is 0. The van der Waals surface area contributed by atoms with Crippen LogP contribution in [0.5, 0.6) is 0 Å². The number of hydrogen-bond acceptors (Lipinski definition) is 5. The first-order chi connectivity index (χ1) is 8.90. The number of rotatable bonds is 8. The van der Waals surface area contributed by atoms with Gasteiger partial charge >= 0.3 is 0 Å². The lowest BCUT2D eigenvalue weighted by Gasteiger charge is -2.08. The highest BCUT2D eigenvalue weighted by atomic mass is 32.2. The predicted molar refractivity (Wildman–Crippen MR) is 75.7 cm³/mol. The molecule has 0 atom stereocenters. The number of aromatic nitrogens is 3. The molecule has 18 heavy (non-hydrogen) atoms. The standard InChI is InChI=1S/C12H19N3OS2/c17-7-5-16-6-8-18-12-14-13-11(9-1-2-9)15(12)10-3-4-10/h9-10,17H,1-8H2. The van der Waals surface area contributed by atoms with Crippen molar-refractivity contribution >= 4 is 24.4 Å².